The normalized spacial score (nSPS) is 19.6. The Labute approximate surface area is 206 Å². The molecule has 0 heterocycles. The molecular formula is C29H34N2O4. The molecule has 3 aromatic rings. The Morgan fingerprint density at radius 2 is 1.77 bits per heavy atom. The first-order chi connectivity index (χ1) is 17.0. The molecule has 6 nitrogen and oxygen atoms in total. The zero-order valence-electron chi connectivity index (χ0n) is 20.4. The summed E-state index contributed by atoms with van der Waals surface area (Å²) in [7, 11) is 1.22. The number of benzene rings is 3. The first kappa shape index (κ1) is 24.9. The number of methoxy groups -OCH3 is 1. The zero-order chi connectivity index (χ0) is 24.8. The van der Waals surface area contributed by atoms with Crippen molar-refractivity contribution in [1.82, 2.24) is 10.6 Å². The van der Waals surface area contributed by atoms with E-state index in [1.165, 1.54) is 29.0 Å². The quantitative estimate of drug-likeness (QED) is 0.419. The summed E-state index contributed by atoms with van der Waals surface area (Å²) in [6.45, 7) is 1.73. The lowest BCUT2D eigenvalue weighted by molar-refractivity contribution is -0.143. The Kier molecular flexibility index (Phi) is 8.16. The summed E-state index contributed by atoms with van der Waals surface area (Å²) >= 11 is 0. The molecule has 6 heteroatoms. The number of aliphatic hydroxyl groups is 1. The minimum Gasteiger partial charge on any atom is -0.467 e. The van der Waals surface area contributed by atoms with Crippen LogP contribution in [0.5, 0.6) is 0 Å². The van der Waals surface area contributed by atoms with Crippen molar-refractivity contribution < 1.29 is 19.4 Å². The van der Waals surface area contributed by atoms with Gasteiger partial charge in [0.05, 0.1) is 13.7 Å². The fraction of sp³-hybridized carbons (Fsp3) is 0.379. The van der Waals surface area contributed by atoms with Crippen LogP contribution in [0.4, 0.5) is 0 Å². The number of amides is 1. The average molecular weight is 475 g/mol. The third-order valence-corrected chi connectivity index (χ3v) is 7.07. The van der Waals surface area contributed by atoms with Crippen LogP contribution in [0.1, 0.15) is 66.1 Å². The maximum Gasteiger partial charge on any atom is 0.330 e. The molecule has 0 radical (unpaired) electrons. The lowest BCUT2D eigenvalue weighted by Crippen LogP contribution is -2.44. The van der Waals surface area contributed by atoms with Crippen molar-refractivity contribution in [2.45, 2.75) is 56.7 Å². The Morgan fingerprint density at radius 1 is 1.03 bits per heavy atom. The van der Waals surface area contributed by atoms with Gasteiger partial charge in [-0.3, -0.25) is 4.79 Å². The van der Waals surface area contributed by atoms with Crippen LogP contribution in [0, 0.1) is 0 Å². The van der Waals surface area contributed by atoms with E-state index in [0.717, 1.165) is 25.7 Å². The van der Waals surface area contributed by atoms with Gasteiger partial charge in [0, 0.05) is 17.6 Å². The Bertz CT molecular complexity index is 1160. The van der Waals surface area contributed by atoms with Crippen molar-refractivity contribution >= 4 is 22.6 Å². The van der Waals surface area contributed by atoms with Crippen LogP contribution in [-0.4, -0.2) is 42.8 Å². The SMILES string of the molecule is COC(=O)C(CO)NC(=O)c1ccc([C@H]2CCC[C@H](N[C@H](C)c3cccc4ccccc34)C2)cc1. The summed E-state index contributed by atoms with van der Waals surface area (Å²) < 4.78 is 4.61. The molecular weight excluding hydrogens is 440 g/mol. The number of esters is 1. The molecule has 1 aliphatic carbocycles. The molecule has 0 spiro atoms. The molecule has 0 bridgehead atoms. The molecule has 3 aromatic carbocycles. The molecule has 1 fully saturated rings. The van der Waals surface area contributed by atoms with E-state index in [1.54, 1.807) is 12.1 Å². The highest BCUT2D eigenvalue weighted by Crippen LogP contribution is 2.34. The van der Waals surface area contributed by atoms with E-state index in [0.29, 0.717) is 17.5 Å². The number of aliphatic hydroxyl groups excluding tert-OH is 1. The van der Waals surface area contributed by atoms with Gasteiger partial charge in [0.15, 0.2) is 6.04 Å². The van der Waals surface area contributed by atoms with Crippen molar-refractivity contribution in [3.8, 4) is 0 Å². The Balaban J connectivity index is 1.39. The second kappa shape index (κ2) is 11.5. The van der Waals surface area contributed by atoms with Crippen LogP contribution < -0.4 is 10.6 Å². The molecule has 1 amide bonds. The highest BCUT2D eigenvalue weighted by Gasteiger charge is 2.26. The molecule has 4 atom stereocenters. The van der Waals surface area contributed by atoms with Gasteiger partial charge < -0.3 is 20.5 Å². The maximum atomic E-state index is 12.5. The molecule has 3 N–H and O–H groups in total. The number of fused-ring (bicyclic) bond motifs is 1. The number of carbonyl (C=O) groups excluding carboxylic acids is 2. The first-order valence-electron chi connectivity index (χ1n) is 12.3. The molecule has 1 saturated carbocycles. The predicted molar refractivity (Wildman–Crippen MR) is 137 cm³/mol. The Morgan fingerprint density at radius 3 is 2.51 bits per heavy atom. The minimum absolute atomic E-state index is 0.255. The van der Waals surface area contributed by atoms with Gasteiger partial charge in [0.2, 0.25) is 0 Å². The van der Waals surface area contributed by atoms with E-state index >= 15 is 0 Å². The topological polar surface area (TPSA) is 87.7 Å². The lowest BCUT2D eigenvalue weighted by atomic mass is 9.80. The van der Waals surface area contributed by atoms with Crippen molar-refractivity contribution in [3.63, 3.8) is 0 Å². The first-order valence-corrected chi connectivity index (χ1v) is 12.3. The van der Waals surface area contributed by atoms with E-state index in [-0.39, 0.29) is 6.04 Å². The summed E-state index contributed by atoms with van der Waals surface area (Å²) in [5, 5.41) is 18.3. The fourth-order valence-electron chi connectivity index (χ4n) is 5.18. The third kappa shape index (κ3) is 5.89. The summed E-state index contributed by atoms with van der Waals surface area (Å²) in [4.78, 5) is 24.1. The smallest absolute Gasteiger partial charge is 0.330 e. The zero-order valence-corrected chi connectivity index (χ0v) is 20.4. The van der Waals surface area contributed by atoms with Gasteiger partial charge in [0.25, 0.3) is 5.91 Å². The van der Waals surface area contributed by atoms with Crippen LogP contribution >= 0.6 is 0 Å². The van der Waals surface area contributed by atoms with E-state index in [9.17, 15) is 14.7 Å². The van der Waals surface area contributed by atoms with E-state index in [4.69, 9.17) is 0 Å². The number of rotatable bonds is 8. The standard InChI is InChI=1S/C29H34N2O4/c1-19(25-12-6-8-21-7-3-4-11-26(21)25)30-24-10-5-9-23(17-24)20-13-15-22(16-14-20)28(33)31-27(18-32)29(34)35-2/h3-4,6-8,11-16,19,23-24,27,30,32H,5,9-10,17-18H2,1-2H3,(H,31,33)/t19-,23+,24+,27?/m1/s1. The maximum absolute atomic E-state index is 12.5. The number of hydrogen-bond donors (Lipinski definition) is 3. The third-order valence-electron chi connectivity index (χ3n) is 7.07. The van der Waals surface area contributed by atoms with E-state index in [2.05, 4.69) is 64.8 Å². The predicted octanol–water partition coefficient (Wildman–Crippen LogP) is 4.48. The molecule has 0 aliphatic heterocycles. The fourth-order valence-corrected chi connectivity index (χ4v) is 5.18. The van der Waals surface area contributed by atoms with Crippen LogP contribution in [0.25, 0.3) is 10.8 Å². The molecule has 0 saturated heterocycles. The number of carbonyl (C=O) groups is 2. The number of hydrogen-bond acceptors (Lipinski definition) is 5. The molecule has 1 unspecified atom stereocenters. The van der Waals surface area contributed by atoms with Crippen LogP contribution in [-0.2, 0) is 9.53 Å². The molecule has 35 heavy (non-hydrogen) atoms. The number of nitrogens with one attached hydrogen (secondary N) is 2. The summed E-state index contributed by atoms with van der Waals surface area (Å²) in [5.41, 5.74) is 3.00. The molecule has 184 valence electrons. The molecule has 4 rings (SSSR count). The Hall–Kier alpha value is -3.22. The summed E-state index contributed by atoms with van der Waals surface area (Å²) in [5.74, 6) is -0.651. The van der Waals surface area contributed by atoms with Crippen molar-refractivity contribution in [1.29, 1.82) is 0 Å². The van der Waals surface area contributed by atoms with Gasteiger partial charge in [-0.15, -0.1) is 0 Å². The van der Waals surface area contributed by atoms with Crippen molar-refractivity contribution in [3.05, 3.63) is 83.4 Å². The summed E-state index contributed by atoms with van der Waals surface area (Å²) in [6, 6.07) is 22.2. The van der Waals surface area contributed by atoms with Crippen LogP contribution in [0.3, 0.4) is 0 Å². The summed E-state index contributed by atoms with van der Waals surface area (Å²) in [6.07, 6.45) is 4.49. The molecule has 1 aliphatic rings. The van der Waals surface area contributed by atoms with Gasteiger partial charge >= 0.3 is 5.97 Å². The number of ether oxygens (including phenoxy) is 1. The van der Waals surface area contributed by atoms with E-state index < -0.39 is 24.5 Å². The monoisotopic (exact) mass is 474 g/mol. The minimum atomic E-state index is -1.07. The highest BCUT2D eigenvalue weighted by atomic mass is 16.5. The average Bonchev–Trinajstić information content (AvgIpc) is 2.91. The molecule has 0 aromatic heterocycles. The van der Waals surface area contributed by atoms with Crippen molar-refractivity contribution in [2.24, 2.45) is 0 Å². The van der Waals surface area contributed by atoms with Crippen molar-refractivity contribution in [2.75, 3.05) is 13.7 Å². The van der Waals surface area contributed by atoms with Gasteiger partial charge in [-0.05, 0) is 66.1 Å². The van der Waals surface area contributed by atoms with Gasteiger partial charge in [-0.1, -0.05) is 61.0 Å². The van der Waals surface area contributed by atoms with E-state index in [1.807, 2.05) is 12.1 Å². The largest absolute Gasteiger partial charge is 0.467 e. The highest BCUT2D eigenvalue weighted by molar-refractivity contribution is 5.96. The van der Waals surface area contributed by atoms with Crippen LogP contribution in [0.2, 0.25) is 0 Å². The second-order valence-electron chi connectivity index (χ2n) is 9.37. The van der Waals surface area contributed by atoms with Gasteiger partial charge in [-0.2, -0.15) is 0 Å². The van der Waals surface area contributed by atoms with Gasteiger partial charge in [-0.25, -0.2) is 4.79 Å². The van der Waals surface area contributed by atoms with Crippen LogP contribution in [0.15, 0.2) is 66.7 Å². The second-order valence-corrected chi connectivity index (χ2v) is 9.37. The van der Waals surface area contributed by atoms with Gasteiger partial charge in [0.1, 0.15) is 0 Å². The lowest BCUT2D eigenvalue weighted by Gasteiger charge is -2.32.